The maximum atomic E-state index is 11.6. The smallest absolute Gasteiger partial charge is 0.139 e. The molecule has 3 unspecified atom stereocenters. The van der Waals surface area contributed by atoms with Crippen LogP contribution in [0, 0.1) is 11.3 Å². The van der Waals surface area contributed by atoms with E-state index in [9.17, 15) is 4.79 Å². The molecule has 2 aliphatic carbocycles. The number of rotatable bonds is 0. The number of ketones is 1. The summed E-state index contributed by atoms with van der Waals surface area (Å²) in [6, 6.07) is 0.287. The highest BCUT2D eigenvalue weighted by Gasteiger charge is 2.49. The van der Waals surface area contributed by atoms with E-state index in [4.69, 9.17) is 5.73 Å². The lowest BCUT2D eigenvalue weighted by molar-refractivity contribution is -0.127. The minimum atomic E-state index is -0.0440. The predicted molar refractivity (Wildman–Crippen MR) is 47.7 cm³/mol. The Morgan fingerprint density at radius 2 is 2.25 bits per heavy atom. The van der Waals surface area contributed by atoms with Gasteiger partial charge in [-0.15, -0.1) is 0 Å². The van der Waals surface area contributed by atoms with Crippen molar-refractivity contribution in [1.29, 1.82) is 0 Å². The van der Waals surface area contributed by atoms with Crippen molar-refractivity contribution in [1.82, 2.24) is 0 Å². The lowest BCUT2D eigenvalue weighted by Gasteiger charge is -2.38. The SMILES string of the molecule is CC12CCCC(N)C1CCC2=O. The van der Waals surface area contributed by atoms with Crippen molar-refractivity contribution < 1.29 is 4.79 Å². The largest absolute Gasteiger partial charge is 0.327 e. The van der Waals surface area contributed by atoms with Crippen molar-refractivity contribution >= 4 is 5.78 Å². The summed E-state index contributed by atoms with van der Waals surface area (Å²) in [6.07, 6.45) is 5.14. The lowest BCUT2D eigenvalue weighted by atomic mass is 9.67. The standard InChI is InChI=1S/C10H17NO/c1-10-6-2-3-8(11)7(10)4-5-9(10)12/h7-8H,2-6,11H2,1H3. The van der Waals surface area contributed by atoms with Crippen molar-refractivity contribution in [2.75, 3.05) is 0 Å². The van der Waals surface area contributed by atoms with Gasteiger partial charge in [-0.2, -0.15) is 0 Å². The molecule has 2 N–H and O–H groups in total. The third-order valence-electron chi connectivity index (χ3n) is 3.89. The van der Waals surface area contributed by atoms with E-state index < -0.39 is 0 Å². The van der Waals surface area contributed by atoms with Crippen LogP contribution in [0.4, 0.5) is 0 Å². The maximum Gasteiger partial charge on any atom is 0.139 e. The minimum absolute atomic E-state index is 0.0440. The Bertz CT molecular complexity index is 214. The van der Waals surface area contributed by atoms with Gasteiger partial charge in [0.15, 0.2) is 0 Å². The Morgan fingerprint density at radius 1 is 1.50 bits per heavy atom. The summed E-state index contributed by atoms with van der Waals surface area (Å²) in [5, 5.41) is 0. The Hall–Kier alpha value is -0.370. The number of nitrogens with two attached hydrogens (primary N) is 1. The highest BCUT2D eigenvalue weighted by molar-refractivity contribution is 5.87. The molecule has 2 rings (SSSR count). The summed E-state index contributed by atoms with van der Waals surface area (Å²) < 4.78 is 0. The molecule has 0 aliphatic heterocycles. The Balaban J connectivity index is 2.26. The molecule has 0 bridgehead atoms. The quantitative estimate of drug-likeness (QED) is 0.594. The fraction of sp³-hybridized carbons (Fsp3) is 0.900. The van der Waals surface area contributed by atoms with Gasteiger partial charge in [-0.3, -0.25) is 4.79 Å². The third kappa shape index (κ3) is 0.939. The van der Waals surface area contributed by atoms with Gasteiger partial charge in [0, 0.05) is 17.9 Å². The number of hydrogen-bond acceptors (Lipinski definition) is 2. The first-order valence-corrected chi connectivity index (χ1v) is 4.93. The van der Waals surface area contributed by atoms with Crippen molar-refractivity contribution in [2.24, 2.45) is 17.1 Å². The van der Waals surface area contributed by atoms with Gasteiger partial charge >= 0.3 is 0 Å². The molecule has 2 nitrogen and oxygen atoms in total. The third-order valence-corrected chi connectivity index (χ3v) is 3.89. The summed E-state index contributed by atoms with van der Waals surface area (Å²) in [5.41, 5.74) is 5.97. The summed E-state index contributed by atoms with van der Waals surface area (Å²) in [6.45, 7) is 2.12. The molecule has 0 aromatic carbocycles. The van der Waals surface area contributed by atoms with Gasteiger partial charge in [-0.05, 0) is 25.2 Å². The van der Waals surface area contributed by atoms with Crippen LogP contribution in [-0.4, -0.2) is 11.8 Å². The second-order valence-electron chi connectivity index (χ2n) is 4.54. The van der Waals surface area contributed by atoms with Gasteiger partial charge in [0.05, 0.1) is 0 Å². The fourth-order valence-electron chi connectivity index (χ4n) is 3.02. The van der Waals surface area contributed by atoms with Gasteiger partial charge in [0.1, 0.15) is 5.78 Å². The van der Waals surface area contributed by atoms with E-state index in [1.54, 1.807) is 0 Å². The van der Waals surface area contributed by atoms with Crippen LogP contribution in [0.25, 0.3) is 0 Å². The van der Waals surface area contributed by atoms with Gasteiger partial charge in [-0.25, -0.2) is 0 Å². The zero-order valence-corrected chi connectivity index (χ0v) is 7.68. The Labute approximate surface area is 73.5 Å². The molecule has 2 aliphatic rings. The highest BCUT2D eigenvalue weighted by Crippen LogP contribution is 2.48. The Morgan fingerprint density at radius 3 is 2.92 bits per heavy atom. The van der Waals surface area contributed by atoms with Crippen LogP contribution in [0.1, 0.15) is 39.0 Å². The van der Waals surface area contributed by atoms with E-state index in [0.29, 0.717) is 11.7 Å². The van der Waals surface area contributed by atoms with Crippen molar-refractivity contribution in [2.45, 2.75) is 45.1 Å². The first-order chi connectivity index (χ1) is 5.64. The molecule has 68 valence electrons. The average Bonchev–Trinajstić information content (AvgIpc) is 2.30. The summed E-state index contributed by atoms with van der Waals surface area (Å²) >= 11 is 0. The second-order valence-corrected chi connectivity index (χ2v) is 4.54. The number of carbonyl (C=O) groups is 1. The fourth-order valence-corrected chi connectivity index (χ4v) is 3.02. The van der Waals surface area contributed by atoms with Crippen LogP contribution in [0.3, 0.4) is 0 Å². The molecule has 0 radical (unpaired) electrons. The second kappa shape index (κ2) is 2.56. The molecule has 2 heteroatoms. The van der Waals surface area contributed by atoms with Crippen LogP contribution in [0.5, 0.6) is 0 Å². The summed E-state index contributed by atoms with van der Waals surface area (Å²) in [7, 11) is 0. The van der Waals surface area contributed by atoms with Crippen LogP contribution in [0.15, 0.2) is 0 Å². The zero-order valence-electron chi connectivity index (χ0n) is 7.68. The van der Waals surface area contributed by atoms with Gasteiger partial charge < -0.3 is 5.73 Å². The number of carbonyl (C=O) groups excluding carboxylic acids is 1. The van der Waals surface area contributed by atoms with E-state index in [-0.39, 0.29) is 11.5 Å². The van der Waals surface area contributed by atoms with Crippen LogP contribution < -0.4 is 5.73 Å². The topological polar surface area (TPSA) is 43.1 Å². The predicted octanol–water partition coefficient (Wildman–Crippen LogP) is 1.48. The van der Waals surface area contributed by atoms with Crippen molar-refractivity contribution in [3.05, 3.63) is 0 Å². The average molecular weight is 167 g/mol. The molecule has 0 aromatic rings. The molecular formula is C10H17NO. The molecule has 2 saturated carbocycles. The molecule has 12 heavy (non-hydrogen) atoms. The molecule has 0 amide bonds. The van der Waals surface area contributed by atoms with Gasteiger partial charge in [0.2, 0.25) is 0 Å². The van der Waals surface area contributed by atoms with Gasteiger partial charge in [-0.1, -0.05) is 13.3 Å². The Kier molecular flexibility index (Phi) is 1.76. The molecule has 3 atom stereocenters. The number of hydrogen-bond donors (Lipinski definition) is 1. The van der Waals surface area contributed by atoms with E-state index in [2.05, 4.69) is 6.92 Å². The maximum absolute atomic E-state index is 11.6. The molecule has 0 saturated heterocycles. The van der Waals surface area contributed by atoms with Crippen LogP contribution >= 0.6 is 0 Å². The molecule has 0 spiro atoms. The highest BCUT2D eigenvalue weighted by atomic mass is 16.1. The first kappa shape index (κ1) is 8.24. The van der Waals surface area contributed by atoms with Crippen LogP contribution in [0.2, 0.25) is 0 Å². The normalized spacial score (nSPS) is 47.7. The molecular weight excluding hydrogens is 150 g/mol. The molecule has 0 heterocycles. The van der Waals surface area contributed by atoms with Crippen molar-refractivity contribution in [3.63, 3.8) is 0 Å². The van der Waals surface area contributed by atoms with E-state index >= 15 is 0 Å². The minimum Gasteiger partial charge on any atom is -0.327 e. The van der Waals surface area contributed by atoms with Gasteiger partial charge in [0.25, 0.3) is 0 Å². The number of fused-ring (bicyclic) bond motifs is 1. The van der Waals surface area contributed by atoms with Crippen molar-refractivity contribution in [3.8, 4) is 0 Å². The van der Waals surface area contributed by atoms with Crippen LogP contribution in [-0.2, 0) is 4.79 Å². The van der Waals surface area contributed by atoms with E-state index in [1.165, 1.54) is 0 Å². The van der Waals surface area contributed by atoms with E-state index in [0.717, 1.165) is 32.1 Å². The molecule has 2 fully saturated rings. The number of Topliss-reactive ketones (excluding diaryl/α,β-unsaturated/α-hetero) is 1. The van der Waals surface area contributed by atoms with E-state index in [1.807, 2.05) is 0 Å². The monoisotopic (exact) mass is 167 g/mol. The summed E-state index contributed by atoms with van der Waals surface area (Å²) in [5.74, 6) is 0.946. The molecule has 0 aromatic heterocycles. The first-order valence-electron chi connectivity index (χ1n) is 4.93. The lowest BCUT2D eigenvalue weighted by Crippen LogP contribution is -2.44. The summed E-state index contributed by atoms with van der Waals surface area (Å²) in [4.78, 5) is 11.6. The zero-order chi connectivity index (χ0) is 8.77.